The van der Waals surface area contributed by atoms with E-state index in [4.69, 9.17) is 4.74 Å². The first kappa shape index (κ1) is 15.5. The van der Waals surface area contributed by atoms with Crippen molar-refractivity contribution in [2.75, 3.05) is 6.54 Å². The van der Waals surface area contributed by atoms with Gasteiger partial charge in [-0.2, -0.15) is 0 Å². The van der Waals surface area contributed by atoms with Crippen LogP contribution in [0.15, 0.2) is 54.6 Å². The van der Waals surface area contributed by atoms with Crippen LogP contribution >= 0.6 is 22.6 Å². The molecule has 0 fully saturated rings. The number of amides is 1. The Morgan fingerprint density at radius 1 is 1.00 bits per heavy atom. The van der Waals surface area contributed by atoms with E-state index in [2.05, 4.69) is 27.9 Å². The SMILES string of the molecule is O=C(CNC(=O)c1ccccc1)OCc1ccc(I)cc1. The Bertz CT molecular complexity index is 611. The second kappa shape index (κ2) is 7.78. The Morgan fingerprint density at radius 3 is 2.33 bits per heavy atom. The van der Waals surface area contributed by atoms with Gasteiger partial charge in [-0.3, -0.25) is 9.59 Å². The minimum atomic E-state index is -0.460. The van der Waals surface area contributed by atoms with Gasteiger partial charge in [-0.05, 0) is 52.4 Å². The van der Waals surface area contributed by atoms with E-state index in [1.165, 1.54) is 0 Å². The van der Waals surface area contributed by atoms with Crippen LogP contribution in [0.5, 0.6) is 0 Å². The normalized spacial score (nSPS) is 9.95. The number of hydrogen-bond acceptors (Lipinski definition) is 3. The maximum Gasteiger partial charge on any atom is 0.325 e. The summed E-state index contributed by atoms with van der Waals surface area (Å²) in [4.78, 5) is 23.3. The monoisotopic (exact) mass is 395 g/mol. The predicted octanol–water partition coefficient (Wildman–Crippen LogP) is 2.76. The summed E-state index contributed by atoms with van der Waals surface area (Å²) in [6, 6.07) is 16.4. The molecule has 2 rings (SSSR count). The molecule has 0 saturated carbocycles. The first-order chi connectivity index (χ1) is 10.1. The molecule has 0 aliphatic rings. The molecule has 0 saturated heterocycles. The Balaban J connectivity index is 1.75. The van der Waals surface area contributed by atoms with Crippen molar-refractivity contribution in [1.82, 2.24) is 5.32 Å². The van der Waals surface area contributed by atoms with E-state index in [1.54, 1.807) is 24.3 Å². The molecular formula is C16H14INO3. The molecule has 5 heteroatoms. The molecule has 0 atom stereocenters. The van der Waals surface area contributed by atoms with Gasteiger partial charge in [0.1, 0.15) is 13.2 Å². The summed E-state index contributed by atoms with van der Waals surface area (Å²) >= 11 is 2.21. The van der Waals surface area contributed by atoms with Crippen molar-refractivity contribution < 1.29 is 14.3 Å². The third kappa shape index (κ3) is 5.18. The van der Waals surface area contributed by atoms with Gasteiger partial charge in [0.15, 0.2) is 0 Å². The van der Waals surface area contributed by atoms with Crippen LogP contribution in [0.2, 0.25) is 0 Å². The van der Waals surface area contributed by atoms with Crippen LogP contribution < -0.4 is 5.32 Å². The van der Waals surface area contributed by atoms with Gasteiger partial charge in [-0.1, -0.05) is 30.3 Å². The van der Waals surface area contributed by atoms with Gasteiger partial charge in [0, 0.05) is 9.13 Å². The Morgan fingerprint density at radius 2 is 1.67 bits per heavy atom. The highest BCUT2D eigenvalue weighted by molar-refractivity contribution is 14.1. The van der Waals surface area contributed by atoms with E-state index >= 15 is 0 Å². The molecule has 0 bridgehead atoms. The van der Waals surface area contributed by atoms with Crippen molar-refractivity contribution in [3.05, 3.63) is 69.3 Å². The summed E-state index contributed by atoms with van der Waals surface area (Å²) in [5, 5.41) is 2.53. The average molecular weight is 395 g/mol. The number of carbonyl (C=O) groups excluding carboxylic acids is 2. The minimum absolute atomic E-state index is 0.141. The van der Waals surface area contributed by atoms with Crippen LogP contribution in [0.25, 0.3) is 0 Å². The molecule has 0 aliphatic heterocycles. The van der Waals surface area contributed by atoms with E-state index in [0.717, 1.165) is 9.13 Å². The van der Waals surface area contributed by atoms with Crippen LogP contribution in [0.3, 0.4) is 0 Å². The van der Waals surface area contributed by atoms with Gasteiger partial charge >= 0.3 is 5.97 Å². The smallest absolute Gasteiger partial charge is 0.325 e. The molecule has 1 amide bonds. The fourth-order valence-corrected chi connectivity index (χ4v) is 2.00. The summed E-state index contributed by atoms with van der Waals surface area (Å²) in [6.45, 7) is 0.0645. The molecule has 0 unspecified atom stereocenters. The summed E-state index contributed by atoms with van der Waals surface area (Å²) in [5.41, 5.74) is 1.43. The van der Waals surface area contributed by atoms with Crippen molar-refractivity contribution in [1.29, 1.82) is 0 Å². The van der Waals surface area contributed by atoms with Crippen molar-refractivity contribution in [3.63, 3.8) is 0 Å². The summed E-state index contributed by atoms with van der Waals surface area (Å²) < 4.78 is 6.22. The van der Waals surface area contributed by atoms with Crippen LogP contribution in [0.4, 0.5) is 0 Å². The number of esters is 1. The lowest BCUT2D eigenvalue weighted by molar-refractivity contribution is -0.143. The maximum absolute atomic E-state index is 11.7. The second-order valence-electron chi connectivity index (χ2n) is 4.34. The molecule has 0 heterocycles. The minimum Gasteiger partial charge on any atom is -0.460 e. The van der Waals surface area contributed by atoms with Crippen molar-refractivity contribution in [2.24, 2.45) is 0 Å². The topological polar surface area (TPSA) is 55.4 Å². The number of ether oxygens (including phenoxy) is 1. The predicted molar refractivity (Wildman–Crippen MR) is 87.7 cm³/mol. The zero-order valence-electron chi connectivity index (χ0n) is 11.2. The highest BCUT2D eigenvalue weighted by atomic mass is 127. The molecule has 0 spiro atoms. The molecule has 4 nitrogen and oxygen atoms in total. The molecule has 0 aromatic heterocycles. The summed E-state index contributed by atoms with van der Waals surface area (Å²) in [6.07, 6.45) is 0. The number of rotatable bonds is 5. The van der Waals surface area contributed by atoms with E-state index < -0.39 is 5.97 Å². The average Bonchev–Trinajstić information content (AvgIpc) is 2.53. The van der Waals surface area contributed by atoms with E-state index in [1.807, 2.05) is 30.3 Å². The molecule has 1 N–H and O–H groups in total. The highest BCUT2D eigenvalue weighted by Gasteiger charge is 2.08. The molecular weight excluding hydrogens is 381 g/mol. The van der Waals surface area contributed by atoms with Crippen LogP contribution in [-0.2, 0) is 16.1 Å². The Labute approximate surface area is 136 Å². The van der Waals surface area contributed by atoms with Crippen molar-refractivity contribution >= 4 is 34.5 Å². The fourth-order valence-electron chi connectivity index (χ4n) is 1.64. The van der Waals surface area contributed by atoms with Gasteiger partial charge in [-0.25, -0.2) is 0 Å². The largest absolute Gasteiger partial charge is 0.460 e. The number of nitrogens with one attached hydrogen (secondary N) is 1. The molecule has 0 radical (unpaired) electrons. The highest BCUT2D eigenvalue weighted by Crippen LogP contribution is 2.07. The lowest BCUT2D eigenvalue weighted by atomic mass is 10.2. The fraction of sp³-hybridized carbons (Fsp3) is 0.125. The summed E-state index contributed by atoms with van der Waals surface area (Å²) in [5.74, 6) is -0.750. The number of carbonyl (C=O) groups is 2. The van der Waals surface area contributed by atoms with Gasteiger partial charge < -0.3 is 10.1 Å². The zero-order valence-corrected chi connectivity index (χ0v) is 13.4. The van der Waals surface area contributed by atoms with Gasteiger partial charge in [0.2, 0.25) is 0 Å². The van der Waals surface area contributed by atoms with Crippen LogP contribution in [0.1, 0.15) is 15.9 Å². The lowest BCUT2D eigenvalue weighted by Crippen LogP contribution is -2.30. The number of benzene rings is 2. The standard InChI is InChI=1S/C16H14INO3/c17-14-8-6-12(7-9-14)11-21-15(19)10-18-16(20)13-4-2-1-3-5-13/h1-9H,10-11H2,(H,18,20). The Kier molecular flexibility index (Phi) is 5.74. The van der Waals surface area contributed by atoms with Crippen LogP contribution in [-0.4, -0.2) is 18.4 Å². The van der Waals surface area contributed by atoms with E-state index in [0.29, 0.717) is 5.56 Å². The molecule has 108 valence electrons. The van der Waals surface area contributed by atoms with E-state index in [9.17, 15) is 9.59 Å². The molecule has 21 heavy (non-hydrogen) atoms. The van der Waals surface area contributed by atoms with Gasteiger partial charge in [0.05, 0.1) is 0 Å². The maximum atomic E-state index is 11.7. The summed E-state index contributed by atoms with van der Waals surface area (Å²) in [7, 11) is 0. The molecule has 0 aliphatic carbocycles. The first-order valence-corrected chi connectivity index (χ1v) is 7.46. The number of hydrogen-bond donors (Lipinski definition) is 1. The second-order valence-corrected chi connectivity index (χ2v) is 5.58. The Hall–Kier alpha value is -1.89. The number of halogens is 1. The zero-order chi connectivity index (χ0) is 15.1. The molecule has 2 aromatic carbocycles. The third-order valence-corrected chi connectivity index (χ3v) is 3.46. The first-order valence-electron chi connectivity index (χ1n) is 6.38. The lowest BCUT2D eigenvalue weighted by Gasteiger charge is -2.07. The van der Waals surface area contributed by atoms with E-state index in [-0.39, 0.29) is 19.1 Å². The third-order valence-electron chi connectivity index (χ3n) is 2.74. The molecule has 2 aromatic rings. The van der Waals surface area contributed by atoms with Gasteiger partial charge in [0.25, 0.3) is 5.91 Å². The van der Waals surface area contributed by atoms with Crippen molar-refractivity contribution in [2.45, 2.75) is 6.61 Å². The quantitative estimate of drug-likeness (QED) is 0.626. The van der Waals surface area contributed by atoms with Crippen LogP contribution in [0, 0.1) is 3.57 Å². The van der Waals surface area contributed by atoms with Gasteiger partial charge in [-0.15, -0.1) is 0 Å². The van der Waals surface area contributed by atoms with Crippen molar-refractivity contribution in [3.8, 4) is 0 Å².